The Morgan fingerprint density at radius 3 is 2.61 bits per heavy atom. The molecule has 0 saturated carbocycles. The molecule has 3 aromatic rings. The van der Waals surface area contributed by atoms with Crippen LogP contribution in [0.25, 0.3) is 0 Å². The van der Waals surface area contributed by atoms with E-state index in [1.54, 1.807) is 28.8 Å². The van der Waals surface area contributed by atoms with E-state index in [9.17, 15) is 13.2 Å². The van der Waals surface area contributed by atoms with Gasteiger partial charge in [-0.3, -0.25) is 9.69 Å². The third kappa shape index (κ3) is 3.65. The van der Waals surface area contributed by atoms with Gasteiger partial charge < -0.3 is 10.1 Å². The fourth-order valence-corrected chi connectivity index (χ4v) is 6.69. The van der Waals surface area contributed by atoms with Crippen molar-refractivity contribution in [2.75, 3.05) is 28.8 Å². The topological polar surface area (TPSA) is 93.5 Å². The quantitative estimate of drug-likeness (QED) is 0.599. The Bertz CT molecular complexity index is 1350. The van der Waals surface area contributed by atoms with E-state index < -0.39 is 16.0 Å². The van der Waals surface area contributed by atoms with Crippen LogP contribution in [0.1, 0.15) is 40.2 Å². The second kappa shape index (κ2) is 8.07. The van der Waals surface area contributed by atoms with Crippen molar-refractivity contribution < 1.29 is 17.9 Å². The van der Waals surface area contributed by atoms with Crippen molar-refractivity contribution >= 4 is 38.7 Å². The number of para-hydroxylation sites is 3. The van der Waals surface area contributed by atoms with E-state index in [-0.39, 0.29) is 23.5 Å². The molecule has 0 radical (unpaired) electrons. The van der Waals surface area contributed by atoms with E-state index >= 15 is 0 Å². The first-order chi connectivity index (χ1) is 15.8. The number of methoxy groups -OCH3 is 1. The van der Waals surface area contributed by atoms with Gasteiger partial charge in [-0.05, 0) is 37.6 Å². The molecule has 8 nitrogen and oxygen atoms in total. The van der Waals surface area contributed by atoms with E-state index in [1.807, 2.05) is 43.3 Å². The fourth-order valence-electron chi connectivity index (χ4n) is 4.59. The number of carbonyl (C=O) groups is 1. The SMILES string of the molecule is COc1ccccc1N1C(=O)c2ccccc2NC1c1c(C)nn(C2CCS(=O)(=O)C2)c1Cl. The van der Waals surface area contributed by atoms with Crippen LogP contribution >= 0.6 is 11.6 Å². The molecule has 2 aliphatic rings. The zero-order chi connectivity index (χ0) is 23.3. The van der Waals surface area contributed by atoms with Crippen molar-refractivity contribution in [3.63, 3.8) is 0 Å². The van der Waals surface area contributed by atoms with Gasteiger partial charge in [-0.25, -0.2) is 13.1 Å². The number of nitrogens with one attached hydrogen (secondary N) is 1. The van der Waals surface area contributed by atoms with Crippen LogP contribution in [0.4, 0.5) is 11.4 Å². The van der Waals surface area contributed by atoms with Gasteiger partial charge >= 0.3 is 0 Å². The van der Waals surface area contributed by atoms with Gasteiger partial charge in [-0.1, -0.05) is 35.9 Å². The monoisotopic (exact) mass is 486 g/mol. The van der Waals surface area contributed by atoms with Crippen LogP contribution in [-0.4, -0.2) is 42.7 Å². The van der Waals surface area contributed by atoms with Crippen LogP contribution in [0, 0.1) is 6.92 Å². The highest BCUT2D eigenvalue weighted by Gasteiger charge is 2.40. The minimum absolute atomic E-state index is 0.00333. The van der Waals surface area contributed by atoms with Gasteiger partial charge in [0.2, 0.25) is 0 Å². The van der Waals surface area contributed by atoms with Crippen molar-refractivity contribution in [1.29, 1.82) is 0 Å². The maximum Gasteiger partial charge on any atom is 0.262 e. The van der Waals surface area contributed by atoms with Crippen molar-refractivity contribution in [3.05, 3.63) is 70.5 Å². The van der Waals surface area contributed by atoms with Gasteiger partial charge in [0.25, 0.3) is 5.91 Å². The first-order valence-electron chi connectivity index (χ1n) is 10.6. The number of fused-ring (bicyclic) bond motifs is 1. The van der Waals surface area contributed by atoms with Crippen LogP contribution in [-0.2, 0) is 9.84 Å². The lowest BCUT2D eigenvalue weighted by atomic mass is 10.0. The van der Waals surface area contributed by atoms with Gasteiger partial charge in [-0.2, -0.15) is 5.10 Å². The Labute approximate surface area is 197 Å². The second-order valence-corrected chi connectivity index (χ2v) is 10.8. The summed E-state index contributed by atoms with van der Waals surface area (Å²) in [4.78, 5) is 15.3. The molecule has 172 valence electrons. The van der Waals surface area contributed by atoms with Crippen LogP contribution in [0.15, 0.2) is 48.5 Å². The molecule has 5 rings (SSSR count). The summed E-state index contributed by atoms with van der Waals surface area (Å²) in [5.41, 5.74) is 3.04. The smallest absolute Gasteiger partial charge is 0.262 e. The number of ether oxygens (including phenoxy) is 1. The second-order valence-electron chi connectivity index (χ2n) is 8.23. The molecule has 3 heterocycles. The van der Waals surface area contributed by atoms with Gasteiger partial charge in [0.1, 0.15) is 17.1 Å². The molecule has 0 bridgehead atoms. The third-order valence-corrected chi connectivity index (χ3v) is 8.30. The molecule has 33 heavy (non-hydrogen) atoms. The highest BCUT2D eigenvalue weighted by Crippen LogP contribution is 2.43. The zero-order valence-electron chi connectivity index (χ0n) is 18.2. The first-order valence-corrected chi connectivity index (χ1v) is 12.8. The summed E-state index contributed by atoms with van der Waals surface area (Å²) in [6.45, 7) is 1.81. The normalized spacial score (nSPS) is 21.5. The lowest BCUT2D eigenvalue weighted by Gasteiger charge is -2.38. The van der Waals surface area contributed by atoms with Crippen molar-refractivity contribution in [2.45, 2.75) is 25.6 Å². The molecule has 2 aliphatic heterocycles. The Balaban J connectivity index is 1.66. The van der Waals surface area contributed by atoms with Gasteiger partial charge in [0, 0.05) is 5.69 Å². The average molecular weight is 487 g/mol. The molecule has 2 aromatic carbocycles. The lowest BCUT2D eigenvalue weighted by molar-refractivity contribution is 0.0974. The predicted molar refractivity (Wildman–Crippen MR) is 127 cm³/mol. The van der Waals surface area contributed by atoms with Gasteiger partial charge in [-0.15, -0.1) is 0 Å². The van der Waals surface area contributed by atoms with Crippen LogP contribution in [0.3, 0.4) is 0 Å². The highest BCUT2D eigenvalue weighted by atomic mass is 35.5. The number of amides is 1. The van der Waals surface area contributed by atoms with E-state index in [0.717, 1.165) is 0 Å². The number of aryl methyl sites for hydroxylation is 1. The summed E-state index contributed by atoms with van der Waals surface area (Å²) in [6, 6.07) is 14.2. The summed E-state index contributed by atoms with van der Waals surface area (Å²) in [5, 5.41) is 8.35. The fraction of sp³-hybridized carbons (Fsp3) is 0.304. The van der Waals surface area contributed by atoms with E-state index in [0.29, 0.717) is 45.5 Å². The van der Waals surface area contributed by atoms with Crippen LogP contribution in [0.2, 0.25) is 5.15 Å². The summed E-state index contributed by atoms with van der Waals surface area (Å²) in [6.07, 6.45) is -0.207. The molecular weight excluding hydrogens is 464 g/mol. The molecule has 1 saturated heterocycles. The van der Waals surface area contributed by atoms with Gasteiger partial charge in [0.15, 0.2) is 9.84 Å². The minimum atomic E-state index is -3.12. The highest BCUT2D eigenvalue weighted by molar-refractivity contribution is 7.91. The number of anilines is 2. The minimum Gasteiger partial charge on any atom is -0.495 e. The maximum atomic E-state index is 13.7. The average Bonchev–Trinajstić information content (AvgIpc) is 3.31. The standard InChI is InChI=1S/C23H23ClN4O4S/c1-14-20(21(24)28(26-14)15-11-12-33(30,31)13-15)22-25-17-8-4-3-7-16(17)23(29)27(22)18-9-5-6-10-19(18)32-2/h3-10,15,22,25H,11-13H2,1-2H3. The Morgan fingerprint density at radius 2 is 1.88 bits per heavy atom. The van der Waals surface area contributed by atoms with E-state index in [4.69, 9.17) is 16.3 Å². The summed E-state index contributed by atoms with van der Waals surface area (Å²) in [7, 11) is -1.56. The van der Waals surface area contributed by atoms with E-state index in [2.05, 4.69) is 10.4 Å². The number of hydrogen-bond donors (Lipinski definition) is 1. The largest absolute Gasteiger partial charge is 0.495 e. The molecule has 1 amide bonds. The molecule has 2 unspecified atom stereocenters. The molecule has 1 fully saturated rings. The number of halogens is 1. The van der Waals surface area contributed by atoms with E-state index in [1.165, 1.54) is 0 Å². The Morgan fingerprint density at radius 1 is 1.15 bits per heavy atom. The molecule has 2 atom stereocenters. The lowest BCUT2D eigenvalue weighted by Crippen LogP contribution is -2.43. The number of hydrogen-bond acceptors (Lipinski definition) is 6. The summed E-state index contributed by atoms with van der Waals surface area (Å²) >= 11 is 6.83. The summed E-state index contributed by atoms with van der Waals surface area (Å²) in [5.74, 6) is 0.456. The number of sulfone groups is 1. The number of rotatable bonds is 4. The van der Waals surface area contributed by atoms with Crippen LogP contribution in [0.5, 0.6) is 5.75 Å². The molecule has 10 heteroatoms. The number of benzene rings is 2. The molecular formula is C23H23ClN4O4S. The van der Waals surface area contributed by atoms with Crippen molar-refractivity contribution in [1.82, 2.24) is 9.78 Å². The predicted octanol–water partition coefficient (Wildman–Crippen LogP) is 3.98. The van der Waals surface area contributed by atoms with Gasteiger partial charge in [0.05, 0.1) is 47.2 Å². The number of carbonyl (C=O) groups excluding carboxylic acids is 1. The Kier molecular flexibility index (Phi) is 5.33. The number of aromatic nitrogens is 2. The molecule has 0 spiro atoms. The van der Waals surface area contributed by atoms with Crippen molar-refractivity contribution in [2.24, 2.45) is 0 Å². The molecule has 1 N–H and O–H groups in total. The molecule has 1 aromatic heterocycles. The first kappa shape index (κ1) is 21.8. The number of nitrogens with zero attached hydrogens (tertiary/aromatic N) is 3. The zero-order valence-corrected chi connectivity index (χ0v) is 19.7. The maximum absolute atomic E-state index is 13.7. The van der Waals surface area contributed by atoms with Crippen molar-refractivity contribution in [3.8, 4) is 5.75 Å². The third-order valence-electron chi connectivity index (χ3n) is 6.17. The Hall–Kier alpha value is -3.04. The summed E-state index contributed by atoms with van der Waals surface area (Å²) < 4.78 is 31.2. The molecule has 0 aliphatic carbocycles. The van der Waals surface area contributed by atoms with Crippen LogP contribution < -0.4 is 15.0 Å².